The first-order chi connectivity index (χ1) is 14.6. The van der Waals surface area contributed by atoms with Crippen LogP contribution >= 0.6 is 0 Å². The molecule has 2 aliphatic rings. The van der Waals surface area contributed by atoms with Crippen LogP contribution in [-0.4, -0.2) is 67.6 Å². The molecule has 166 valence electrons. The summed E-state index contributed by atoms with van der Waals surface area (Å²) >= 11 is 0. The number of likely N-dealkylation sites (tertiary alicyclic amines) is 2. The van der Waals surface area contributed by atoms with Gasteiger partial charge in [-0.25, -0.2) is 9.18 Å². The third kappa shape index (κ3) is 4.26. The molecular weight excluding hydrogens is 401 g/mol. The predicted octanol–water partition coefficient (Wildman–Crippen LogP) is 3.27. The molecular formula is C22H28FN5O3. The topological polar surface area (TPSA) is 80.6 Å². The highest BCUT2D eigenvalue weighted by atomic mass is 19.1. The van der Waals surface area contributed by atoms with Gasteiger partial charge in [0.15, 0.2) is 0 Å². The number of amides is 2. The Hall–Kier alpha value is -2.97. The molecule has 1 aromatic carbocycles. The molecule has 4 rings (SSSR count). The van der Waals surface area contributed by atoms with Gasteiger partial charge < -0.3 is 14.5 Å². The molecule has 2 amide bonds. The lowest BCUT2D eigenvalue weighted by molar-refractivity contribution is 0.00712. The van der Waals surface area contributed by atoms with Crippen molar-refractivity contribution in [2.45, 2.75) is 58.2 Å². The average molecular weight is 429 g/mol. The molecule has 0 aliphatic carbocycles. The van der Waals surface area contributed by atoms with Crippen LogP contribution in [-0.2, 0) is 4.74 Å². The Kier molecular flexibility index (Phi) is 5.45. The normalized spacial score (nSPS) is 23.6. The van der Waals surface area contributed by atoms with E-state index in [2.05, 4.69) is 10.2 Å². The molecule has 0 bridgehead atoms. The zero-order valence-electron chi connectivity index (χ0n) is 18.3. The summed E-state index contributed by atoms with van der Waals surface area (Å²) in [4.78, 5) is 31.0. The van der Waals surface area contributed by atoms with Crippen LogP contribution in [0.5, 0.6) is 0 Å². The number of rotatable bonds is 2. The van der Waals surface area contributed by atoms with Gasteiger partial charge in [-0.1, -0.05) is 0 Å². The summed E-state index contributed by atoms with van der Waals surface area (Å²) in [5.74, 6) is -0.488. The van der Waals surface area contributed by atoms with Gasteiger partial charge in [-0.15, -0.1) is 0 Å². The Morgan fingerprint density at radius 2 is 1.87 bits per heavy atom. The molecule has 31 heavy (non-hydrogen) atoms. The van der Waals surface area contributed by atoms with Crippen LogP contribution < -0.4 is 0 Å². The first kappa shape index (κ1) is 21.3. The second kappa shape index (κ2) is 7.94. The fraction of sp³-hybridized carbons (Fsp3) is 0.545. The first-order valence-corrected chi connectivity index (χ1v) is 10.6. The lowest BCUT2D eigenvalue weighted by atomic mass is 9.87. The van der Waals surface area contributed by atoms with Crippen LogP contribution in [0.15, 0.2) is 30.6 Å². The molecule has 0 radical (unpaired) electrons. The summed E-state index contributed by atoms with van der Waals surface area (Å²) in [6, 6.07) is 3.86. The van der Waals surface area contributed by atoms with Crippen LogP contribution in [0.25, 0.3) is 5.69 Å². The minimum atomic E-state index is -0.583. The zero-order chi connectivity index (χ0) is 22.3. The number of benzene rings is 1. The van der Waals surface area contributed by atoms with Gasteiger partial charge in [0.05, 0.1) is 29.7 Å². The number of carbonyl (C=O) groups is 2. The fourth-order valence-corrected chi connectivity index (χ4v) is 4.57. The van der Waals surface area contributed by atoms with Gasteiger partial charge in [0.1, 0.15) is 11.4 Å². The molecule has 2 aromatic rings. The number of hydrogen-bond donors (Lipinski definition) is 0. The summed E-state index contributed by atoms with van der Waals surface area (Å²) in [5, 5.41) is 8.18. The number of nitrogens with zero attached hydrogens (tertiary/aromatic N) is 5. The van der Waals surface area contributed by atoms with E-state index < -0.39 is 11.4 Å². The van der Waals surface area contributed by atoms with Crippen molar-refractivity contribution in [3.63, 3.8) is 0 Å². The summed E-state index contributed by atoms with van der Waals surface area (Å²) in [6.07, 6.45) is 4.32. The van der Waals surface area contributed by atoms with E-state index in [9.17, 15) is 14.0 Å². The minimum Gasteiger partial charge on any atom is -0.444 e. The maximum Gasteiger partial charge on any atom is 0.410 e. The van der Waals surface area contributed by atoms with Crippen LogP contribution in [0, 0.1) is 11.7 Å². The molecule has 9 heteroatoms. The molecule has 0 unspecified atom stereocenters. The van der Waals surface area contributed by atoms with E-state index >= 15 is 0 Å². The molecule has 3 atom stereocenters. The average Bonchev–Trinajstić information content (AvgIpc) is 3.35. The Bertz CT molecular complexity index is 972. The summed E-state index contributed by atoms with van der Waals surface area (Å²) in [5.41, 5.74) is 0.0318. The van der Waals surface area contributed by atoms with Crippen molar-refractivity contribution in [2.75, 3.05) is 13.1 Å². The molecule has 3 heterocycles. The second-order valence-corrected chi connectivity index (χ2v) is 9.31. The Labute approximate surface area is 181 Å². The van der Waals surface area contributed by atoms with Gasteiger partial charge in [-0.05, 0) is 64.7 Å². The van der Waals surface area contributed by atoms with Crippen molar-refractivity contribution < 1.29 is 18.7 Å². The van der Waals surface area contributed by atoms with Crippen LogP contribution in [0.3, 0.4) is 0 Å². The van der Waals surface area contributed by atoms with Crippen molar-refractivity contribution in [1.29, 1.82) is 0 Å². The highest BCUT2D eigenvalue weighted by molar-refractivity contribution is 5.98. The summed E-state index contributed by atoms with van der Waals surface area (Å²) in [6.45, 7) is 8.51. The number of aromatic nitrogens is 3. The third-order valence-electron chi connectivity index (χ3n) is 5.96. The standard InChI is InChI=1S/C22H28FN5O3/c1-14-11-15-7-10-26(21(30)31-22(2,3)4)19(15)13-27(14)20(29)17-12-16(23)5-6-18(17)28-24-8-9-25-28/h5-6,8-9,12,14-15,19H,7,10-11,13H2,1-4H3/t14-,15-,19+/m1/s1. The van der Waals surface area contributed by atoms with Crippen molar-refractivity contribution in [3.8, 4) is 5.69 Å². The van der Waals surface area contributed by atoms with Crippen molar-refractivity contribution >= 4 is 12.0 Å². The monoisotopic (exact) mass is 429 g/mol. The van der Waals surface area contributed by atoms with E-state index in [1.54, 1.807) is 9.80 Å². The van der Waals surface area contributed by atoms with E-state index in [0.717, 1.165) is 12.8 Å². The molecule has 8 nitrogen and oxygen atoms in total. The molecule has 2 saturated heterocycles. The van der Waals surface area contributed by atoms with Crippen LogP contribution in [0.1, 0.15) is 50.9 Å². The predicted molar refractivity (Wildman–Crippen MR) is 111 cm³/mol. The van der Waals surface area contributed by atoms with Crippen LogP contribution in [0.2, 0.25) is 0 Å². The van der Waals surface area contributed by atoms with E-state index in [0.29, 0.717) is 24.7 Å². The number of ether oxygens (including phenoxy) is 1. The van der Waals surface area contributed by atoms with Gasteiger partial charge in [0.25, 0.3) is 5.91 Å². The van der Waals surface area contributed by atoms with E-state index in [1.807, 2.05) is 27.7 Å². The van der Waals surface area contributed by atoms with Crippen molar-refractivity contribution in [2.24, 2.45) is 5.92 Å². The first-order valence-electron chi connectivity index (χ1n) is 10.6. The van der Waals surface area contributed by atoms with Crippen molar-refractivity contribution in [1.82, 2.24) is 24.8 Å². The van der Waals surface area contributed by atoms with E-state index in [4.69, 9.17) is 4.74 Å². The minimum absolute atomic E-state index is 0.0333. The lowest BCUT2D eigenvalue weighted by Crippen LogP contribution is -2.55. The molecule has 0 N–H and O–H groups in total. The van der Waals surface area contributed by atoms with Crippen molar-refractivity contribution in [3.05, 3.63) is 42.0 Å². The smallest absolute Gasteiger partial charge is 0.410 e. The van der Waals surface area contributed by atoms with Gasteiger partial charge in [-0.2, -0.15) is 15.0 Å². The van der Waals surface area contributed by atoms with Gasteiger partial charge >= 0.3 is 6.09 Å². The second-order valence-electron chi connectivity index (χ2n) is 9.31. The summed E-state index contributed by atoms with van der Waals surface area (Å²) < 4.78 is 19.6. The molecule has 0 spiro atoms. The van der Waals surface area contributed by atoms with Gasteiger partial charge in [-0.3, -0.25) is 4.79 Å². The Morgan fingerprint density at radius 3 is 2.55 bits per heavy atom. The number of halogens is 1. The van der Waals surface area contributed by atoms with E-state index in [1.165, 1.54) is 35.4 Å². The zero-order valence-corrected chi connectivity index (χ0v) is 18.3. The highest BCUT2D eigenvalue weighted by Crippen LogP contribution is 2.36. The number of fused-ring (bicyclic) bond motifs is 1. The molecule has 1 aromatic heterocycles. The molecule has 2 aliphatic heterocycles. The van der Waals surface area contributed by atoms with Crippen LogP contribution in [0.4, 0.5) is 9.18 Å². The lowest BCUT2D eigenvalue weighted by Gasteiger charge is -2.42. The largest absolute Gasteiger partial charge is 0.444 e. The molecule has 0 saturated carbocycles. The number of hydrogen-bond acceptors (Lipinski definition) is 5. The highest BCUT2D eigenvalue weighted by Gasteiger charge is 2.45. The Balaban J connectivity index is 1.60. The maximum atomic E-state index is 14.1. The quantitative estimate of drug-likeness (QED) is 0.732. The third-order valence-corrected chi connectivity index (χ3v) is 5.96. The van der Waals surface area contributed by atoms with E-state index in [-0.39, 0.29) is 29.6 Å². The molecule has 2 fully saturated rings. The number of piperidine rings is 1. The fourth-order valence-electron chi connectivity index (χ4n) is 4.57. The van der Waals surface area contributed by atoms with Gasteiger partial charge in [0.2, 0.25) is 0 Å². The maximum absolute atomic E-state index is 14.1. The summed E-state index contributed by atoms with van der Waals surface area (Å²) in [7, 11) is 0. The number of carbonyl (C=O) groups excluding carboxylic acids is 2. The Morgan fingerprint density at radius 1 is 1.16 bits per heavy atom. The SMILES string of the molecule is C[C@@H]1C[C@H]2CCN(C(=O)OC(C)(C)C)[C@H]2CN1C(=O)c1cc(F)ccc1-n1nccn1. The van der Waals surface area contributed by atoms with Gasteiger partial charge in [0, 0.05) is 19.1 Å².